The van der Waals surface area contributed by atoms with Gasteiger partial charge in [-0.25, -0.2) is 17.2 Å². The van der Waals surface area contributed by atoms with Gasteiger partial charge in [-0.1, -0.05) is 0 Å². The van der Waals surface area contributed by atoms with Crippen LogP contribution in [0, 0.1) is 11.8 Å². The molecule has 1 heterocycles. The van der Waals surface area contributed by atoms with Gasteiger partial charge in [0, 0.05) is 6.42 Å². The first-order valence-electron chi connectivity index (χ1n) is 5.02. The summed E-state index contributed by atoms with van der Waals surface area (Å²) in [5.74, 6) is -3.45. The third-order valence-electron chi connectivity index (χ3n) is 2.86. The van der Waals surface area contributed by atoms with Crippen molar-refractivity contribution in [3.05, 3.63) is 0 Å². The first-order valence-corrected chi connectivity index (χ1v) is 6.84. The fraction of sp³-hybridized carbons (Fsp3) is 1.00. The fourth-order valence-corrected chi connectivity index (χ4v) is 3.98. The van der Waals surface area contributed by atoms with Crippen molar-refractivity contribution in [1.82, 2.24) is 0 Å². The quantitative estimate of drug-likeness (QED) is 0.803. The lowest BCUT2D eigenvalue weighted by Crippen LogP contribution is -2.39. The van der Waals surface area contributed by atoms with Crippen molar-refractivity contribution in [2.75, 3.05) is 18.1 Å². The molecule has 0 spiro atoms. The Morgan fingerprint density at radius 3 is 2.47 bits per heavy atom. The molecular weight excluding hydrogens is 224 g/mol. The van der Waals surface area contributed by atoms with Crippen molar-refractivity contribution in [2.24, 2.45) is 17.6 Å². The molecule has 2 atom stereocenters. The van der Waals surface area contributed by atoms with E-state index in [9.17, 15) is 17.2 Å². The standard InChI is InChI=1S/C9H17F2NO2S/c1-9(10,11)4-8-6-15(13,14)3-2-7(8)5-12/h7-8H,2-6,12H2,1H3. The summed E-state index contributed by atoms with van der Waals surface area (Å²) in [5, 5.41) is 0. The summed E-state index contributed by atoms with van der Waals surface area (Å²) in [5.41, 5.74) is 5.46. The zero-order valence-corrected chi connectivity index (χ0v) is 9.56. The molecule has 6 heteroatoms. The molecule has 1 rings (SSSR count). The molecule has 0 saturated carbocycles. The summed E-state index contributed by atoms with van der Waals surface area (Å²) in [6.07, 6.45) is 0.0354. The molecule has 0 bridgehead atoms. The first-order chi connectivity index (χ1) is 6.73. The maximum absolute atomic E-state index is 12.8. The van der Waals surface area contributed by atoms with E-state index in [2.05, 4.69) is 0 Å². The smallest absolute Gasteiger partial charge is 0.245 e. The van der Waals surface area contributed by atoms with Crippen LogP contribution in [-0.4, -0.2) is 32.4 Å². The van der Waals surface area contributed by atoms with Gasteiger partial charge in [-0.05, 0) is 31.7 Å². The normalized spacial score (nSPS) is 31.5. The second-order valence-corrected chi connectivity index (χ2v) is 6.66. The van der Waals surface area contributed by atoms with E-state index >= 15 is 0 Å². The van der Waals surface area contributed by atoms with Crippen molar-refractivity contribution in [3.8, 4) is 0 Å². The maximum atomic E-state index is 12.8. The average molecular weight is 241 g/mol. The molecule has 1 fully saturated rings. The third-order valence-corrected chi connectivity index (χ3v) is 4.65. The van der Waals surface area contributed by atoms with E-state index in [4.69, 9.17) is 5.73 Å². The highest BCUT2D eigenvalue weighted by Gasteiger charge is 2.37. The zero-order valence-electron chi connectivity index (χ0n) is 8.75. The Morgan fingerprint density at radius 2 is 2.00 bits per heavy atom. The predicted octanol–water partition coefficient (Wildman–Crippen LogP) is 1.04. The Labute approximate surface area is 88.9 Å². The Hall–Kier alpha value is -0.230. The van der Waals surface area contributed by atoms with E-state index in [-0.39, 0.29) is 30.4 Å². The summed E-state index contributed by atoms with van der Waals surface area (Å²) in [6, 6.07) is 0. The lowest BCUT2D eigenvalue weighted by Gasteiger charge is -2.32. The second kappa shape index (κ2) is 4.33. The van der Waals surface area contributed by atoms with Crippen LogP contribution in [0.5, 0.6) is 0 Å². The number of sulfone groups is 1. The molecule has 1 aliphatic heterocycles. The van der Waals surface area contributed by atoms with Crippen molar-refractivity contribution in [2.45, 2.75) is 25.7 Å². The van der Waals surface area contributed by atoms with Gasteiger partial charge < -0.3 is 5.73 Å². The zero-order chi connectivity index (χ0) is 11.7. The van der Waals surface area contributed by atoms with Gasteiger partial charge in [0.15, 0.2) is 9.84 Å². The van der Waals surface area contributed by atoms with Gasteiger partial charge in [-0.3, -0.25) is 0 Å². The lowest BCUT2D eigenvalue weighted by molar-refractivity contribution is -0.00913. The number of alkyl halides is 2. The van der Waals surface area contributed by atoms with Crippen molar-refractivity contribution in [3.63, 3.8) is 0 Å². The van der Waals surface area contributed by atoms with Gasteiger partial charge in [0.2, 0.25) is 5.92 Å². The average Bonchev–Trinajstić information content (AvgIpc) is 1.99. The lowest BCUT2D eigenvalue weighted by atomic mass is 9.86. The minimum atomic E-state index is -3.14. The third kappa shape index (κ3) is 4.03. The summed E-state index contributed by atoms with van der Waals surface area (Å²) < 4.78 is 48.3. The molecular formula is C9H17F2NO2S. The topological polar surface area (TPSA) is 60.2 Å². The molecule has 0 amide bonds. The Bertz CT molecular complexity index is 311. The summed E-state index contributed by atoms with van der Waals surface area (Å²) in [6.45, 7) is 1.11. The molecule has 0 aromatic heterocycles. The van der Waals surface area contributed by atoms with Crippen LogP contribution < -0.4 is 5.73 Å². The molecule has 0 radical (unpaired) electrons. The number of hydrogen-bond donors (Lipinski definition) is 1. The van der Waals surface area contributed by atoms with Gasteiger partial charge >= 0.3 is 0 Å². The molecule has 1 saturated heterocycles. The van der Waals surface area contributed by atoms with E-state index in [0.29, 0.717) is 6.42 Å². The summed E-state index contributed by atoms with van der Waals surface area (Å²) in [7, 11) is -3.14. The predicted molar refractivity (Wildman–Crippen MR) is 54.5 cm³/mol. The van der Waals surface area contributed by atoms with E-state index in [0.717, 1.165) is 6.92 Å². The van der Waals surface area contributed by atoms with Crippen LogP contribution in [-0.2, 0) is 9.84 Å². The molecule has 3 nitrogen and oxygen atoms in total. The SMILES string of the molecule is CC(F)(F)CC1CS(=O)(=O)CCC1CN. The molecule has 0 aromatic rings. The molecule has 2 unspecified atom stereocenters. The van der Waals surface area contributed by atoms with Crippen molar-refractivity contribution < 1.29 is 17.2 Å². The summed E-state index contributed by atoms with van der Waals surface area (Å²) in [4.78, 5) is 0. The minimum absolute atomic E-state index is 0.0839. The first kappa shape index (κ1) is 12.8. The minimum Gasteiger partial charge on any atom is -0.330 e. The monoisotopic (exact) mass is 241 g/mol. The van der Waals surface area contributed by atoms with Crippen molar-refractivity contribution in [1.29, 1.82) is 0 Å². The second-order valence-electron chi connectivity index (χ2n) is 4.43. The van der Waals surface area contributed by atoms with E-state index in [1.807, 2.05) is 0 Å². The van der Waals surface area contributed by atoms with Crippen LogP contribution in [0.4, 0.5) is 8.78 Å². The number of rotatable bonds is 3. The van der Waals surface area contributed by atoms with Gasteiger partial charge in [0.05, 0.1) is 11.5 Å². The van der Waals surface area contributed by atoms with Crippen LogP contribution in [0.3, 0.4) is 0 Å². The number of halogens is 2. The van der Waals surface area contributed by atoms with Crippen LogP contribution >= 0.6 is 0 Å². The maximum Gasteiger partial charge on any atom is 0.245 e. The largest absolute Gasteiger partial charge is 0.330 e. The van der Waals surface area contributed by atoms with Crippen LogP contribution in [0.1, 0.15) is 19.8 Å². The molecule has 0 aliphatic carbocycles. The summed E-state index contributed by atoms with van der Waals surface area (Å²) >= 11 is 0. The molecule has 0 aromatic carbocycles. The Morgan fingerprint density at radius 1 is 1.40 bits per heavy atom. The van der Waals surface area contributed by atoms with Gasteiger partial charge in [-0.2, -0.15) is 0 Å². The molecule has 2 N–H and O–H groups in total. The molecule has 90 valence electrons. The van der Waals surface area contributed by atoms with E-state index < -0.39 is 21.7 Å². The number of nitrogens with two attached hydrogens (primary N) is 1. The van der Waals surface area contributed by atoms with Crippen LogP contribution in [0.2, 0.25) is 0 Å². The highest BCUT2D eigenvalue weighted by Crippen LogP contribution is 2.33. The van der Waals surface area contributed by atoms with Gasteiger partial charge in [0.1, 0.15) is 0 Å². The number of hydrogen-bond acceptors (Lipinski definition) is 3. The van der Waals surface area contributed by atoms with E-state index in [1.165, 1.54) is 0 Å². The van der Waals surface area contributed by atoms with E-state index in [1.54, 1.807) is 0 Å². The van der Waals surface area contributed by atoms with Crippen LogP contribution in [0.25, 0.3) is 0 Å². The highest BCUT2D eigenvalue weighted by molar-refractivity contribution is 7.91. The van der Waals surface area contributed by atoms with Crippen LogP contribution in [0.15, 0.2) is 0 Å². The van der Waals surface area contributed by atoms with Crippen molar-refractivity contribution >= 4 is 9.84 Å². The Kier molecular flexibility index (Phi) is 3.71. The Balaban J connectivity index is 2.72. The fourth-order valence-electron chi connectivity index (χ4n) is 2.11. The van der Waals surface area contributed by atoms with Gasteiger partial charge in [0.25, 0.3) is 0 Å². The van der Waals surface area contributed by atoms with Gasteiger partial charge in [-0.15, -0.1) is 0 Å². The highest BCUT2D eigenvalue weighted by atomic mass is 32.2. The molecule has 15 heavy (non-hydrogen) atoms. The molecule has 1 aliphatic rings.